The summed E-state index contributed by atoms with van der Waals surface area (Å²) < 4.78 is 4.60. The van der Waals surface area contributed by atoms with Crippen molar-refractivity contribution in [2.45, 2.75) is 12.8 Å². The summed E-state index contributed by atoms with van der Waals surface area (Å²) in [4.78, 5) is 11.2. The van der Waals surface area contributed by atoms with Crippen molar-refractivity contribution in [2.75, 3.05) is 7.11 Å². The lowest BCUT2D eigenvalue weighted by atomic mass is 10.1. The van der Waals surface area contributed by atoms with E-state index >= 15 is 0 Å². The van der Waals surface area contributed by atoms with Crippen molar-refractivity contribution in [2.24, 2.45) is 0 Å². The molecule has 4 heteroatoms. The van der Waals surface area contributed by atoms with Crippen molar-refractivity contribution in [1.82, 2.24) is 0 Å². The molecule has 0 bridgehead atoms. The SMILES string of the molecule is COC(=O)C1=C/CC/C(Cl)=C(Cl)/C=C\1. The van der Waals surface area contributed by atoms with Gasteiger partial charge in [-0.15, -0.1) is 0 Å². The van der Waals surface area contributed by atoms with Crippen LogP contribution in [-0.2, 0) is 9.53 Å². The average Bonchev–Trinajstić information content (AvgIpc) is 2.18. The molecule has 0 atom stereocenters. The van der Waals surface area contributed by atoms with Gasteiger partial charge in [0.15, 0.2) is 0 Å². The second-order valence-electron chi connectivity index (χ2n) is 2.78. The fourth-order valence-electron chi connectivity index (χ4n) is 1.06. The summed E-state index contributed by atoms with van der Waals surface area (Å²) in [7, 11) is 1.35. The number of methoxy groups -OCH3 is 1. The van der Waals surface area contributed by atoms with E-state index in [1.54, 1.807) is 18.2 Å². The topological polar surface area (TPSA) is 26.3 Å². The third-order valence-electron chi connectivity index (χ3n) is 1.82. The first kappa shape index (κ1) is 11.3. The summed E-state index contributed by atoms with van der Waals surface area (Å²) in [5, 5.41) is 1.09. The predicted molar refractivity (Wildman–Crippen MR) is 57.2 cm³/mol. The molecule has 1 aliphatic rings. The van der Waals surface area contributed by atoms with Crippen LogP contribution in [-0.4, -0.2) is 13.1 Å². The van der Waals surface area contributed by atoms with Crippen molar-refractivity contribution in [3.8, 4) is 0 Å². The molecule has 0 aromatic carbocycles. The molecular formula is C10H10Cl2O2. The largest absolute Gasteiger partial charge is 0.465 e. The average molecular weight is 233 g/mol. The Labute approximate surface area is 92.8 Å². The molecule has 1 rings (SSSR count). The molecule has 0 aromatic heterocycles. The highest BCUT2D eigenvalue weighted by atomic mass is 35.5. The highest BCUT2D eigenvalue weighted by Gasteiger charge is 2.08. The number of hydrogen-bond donors (Lipinski definition) is 0. The minimum atomic E-state index is -0.358. The molecular weight excluding hydrogens is 223 g/mol. The van der Waals surface area contributed by atoms with Gasteiger partial charge in [-0.25, -0.2) is 4.79 Å². The maximum Gasteiger partial charge on any atom is 0.337 e. The first-order valence-corrected chi connectivity index (χ1v) is 4.91. The minimum absolute atomic E-state index is 0.358. The van der Waals surface area contributed by atoms with E-state index < -0.39 is 0 Å². The molecule has 0 N–H and O–H groups in total. The summed E-state index contributed by atoms with van der Waals surface area (Å²) in [6.45, 7) is 0. The molecule has 1 aliphatic carbocycles. The Hall–Kier alpha value is -0.730. The van der Waals surface area contributed by atoms with E-state index in [1.807, 2.05) is 0 Å². The van der Waals surface area contributed by atoms with Gasteiger partial charge >= 0.3 is 5.97 Å². The van der Waals surface area contributed by atoms with Crippen LogP contribution in [0.1, 0.15) is 12.8 Å². The Kier molecular flexibility index (Phi) is 4.23. The lowest BCUT2D eigenvalue weighted by Crippen LogP contribution is -2.03. The van der Waals surface area contributed by atoms with E-state index in [-0.39, 0.29) is 5.97 Å². The number of esters is 1. The number of carbonyl (C=O) groups excluding carboxylic acids is 1. The second-order valence-corrected chi connectivity index (χ2v) is 3.64. The lowest BCUT2D eigenvalue weighted by molar-refractivity contribution is -0.135. The van der Waals surface area contributed by atoms with Gasteiger partial charge in [0, 0.05) is 5.03 Å². The molecule has 0 saturated carbocycles. The van der Waals surface area contributed by atoms with Crippen LogP contribution in [0, 0.1) is 0 Å². The van der Waals surface area contributed by atoms with Crippen molar-refractivity contribution >= 4 is 29.2 Å². The summed E-state index contributed by atoms with van der Waals surface area (Å²) in [6, 6.07) is 0. The number of halogens is 2. The molecule has 0 heterocycles. The highest BCUT2D eigenvalue weighted by Crippen LogP contribution is 2.23. The zero-order chi connectivity index (χ0) is 10.6. The van der Waals surface area contributed by atoms with E-state index in [9.17, 15) is 4.79 Å². The molecule has 14 heavy (non-hydrogen) atoms. The smallest absolute Gasteiger partial charge is 0.337 e. The zero-order valence-corrected chi connectivity index (χ0v) is 9.23. The van der Waals surface area contributed by atoms with Crippen molar-refractivity contribution < 1.29 is 9.53 Å². The maximum atomic E-state index is 11.2. The standard InChI is InChI=1S/C10H10Cl2O2/c1-14-10(13)7-3-2-4-8(11)9(12)6-5-7/h3,5-6H,2,4H2,1H3/b6-5-,7-3+,9-8+. The van der Waals surface area contributed by atoms with E-state index in [0.717, 1.165) is 0 Å². The molecule has 0 aliphatic heterocycles. The quantitative estimate of drug-likeness (QED) is 0.650. The number of hydrogen-bond acceptors (Lipinski definition) is 2. The first-order chi connectivity index (χ1) is 6.65. The zero-order valence-electron chi connectivity index (χ0n) is 7.72. The number of rotatable bonds is 1. The van der Waals surface area contributed by atoms with E-state index in [0.29, 0.717) is 28.5 Å². The monoisotopic (exact) mass is 232 g/mol. The van der Waals surface area contributed by atoms with Crippen LogP contribution in [0.3, 0.4) is 0 Å². The van der Waals surface area contributed by atoms with Gasteiger partial charge in [0.25, 0.3) is 0 Å². The fraction of sp³-hybridized carbons (Fsp3) is 0.300. The Balaban J connectivity index is 2.88. The van der Waals surface area contributed by atoms with Gasteiger partial charge in [0.1, 0.15) is 0 Å². The Morgan fingerprint density at radius 2 is 2.14 bits per heavy atom. The second kappa shape index (κ2) is 5.23. The molecule has 76 valence electrons. The first-order valence-electron chi connectivity index (χ1n) is 4.16. The van der Waals surface area contributed by atoms with Crippen LogP contribution in [0.15, 0.2) is 33.9 Å². The van der Waals surface area contributed by atoms with Gasteiger partial charge in [0.05, 0.1) is 17.7 Å². The van der Waals surface area contributed by atoms with Crippen LogP contribution in [0.5, 0.6) is 0 Å². The molecule has 0 saturated heterocycles. The van der Waals surface area contributed by atoms with Crippen LogP contribution in [0.25, 0.3) is 0 Å². The molecule has 0 amide bonds. The molecule has 0 radical (unpaired) electrons. The number of carbonyl (C=O) groups is 1. The fourth-order valence-corrected chi connectivity index (χ4v) is 1.39. The van der Waals surface area contributed by atoms with Crippen LogP contribution in [0.2, 0.25) is 0 Å². The molecule has 0 unspecified atom stereocenters. The van der Waals surface area contributed by atoms with Crippen LogP contribution >= 0.6 is 23.2 Å². The van der Waals surface area contributed by atoms with E-state index in [1.165, 1.54) is 7.11 Å². The van der Waals surface area contributed by atoms with Crippen LogP contribution in [0.4, 0.5) is 0 Å². The predicted octanol–water partition coefficient (Wildman–Crippen LogP) is 3.13. The summed E-state index contributed by atoms with van der Waals surface area (Å²) in [5.74, 6) is -0.358. The summed E-state index contributed by atoms with van der Waals surface area (Å²) >= 11 is 11.7. The lowest BCUT2D eigenvalue weighted by Gasteiger charge is -2.04. The molecule has 0 spiro atoms. The Morgan fingerprint density at radius 3 is 2.79 bits per heavy atom. The van der Waals surface area contributed by atoms with Gasteiger partial charge in [-0.2, -0.15) is 0 Å². The van der Waals surface area contributed by atoms with Crippen LogP contribution < -0.4 is 0 Å². The molecule has 2 nitrogen and oxygen atoms in total. The molecule has 0 aromatic rings. The van der Waals surface area contributed by atoms with Gasteiger partial charge in [-0.1, -0.05) is 29.3 Å². The minimum Gasteiger partial charge on any atom is -0.465 e. The normalized spacial score (nSPS) is 28.4. The van der Waals surface area contributed by atoms with Gasteiger partial charge in [-0.3, -0.25) is 0 Å². The number of ether oxygens (including phenoxy) is 1. The Morgan fingerprint density at radius 1 is 1.43 bits per heavy atom. The summed E-state index contributed by atoms with van der Waals surface area (Å²) in [5.41, 5.74) is 0.509. The van der Waals surface area contributed by atoms with Crippen molar-refractivity contribution in [3.05, 3.63) is 33.9 Å². The van der Waals surface area contributed by atoms with Gasteiger partial charge in [-0.05, 0) is 25.0 Å². The Bertz CT molecular complexity index is 327. The van der Waals surface area contributed by atoms with E-state index in [4.69, 9.17) is 23.2 Å². The third-order valence-corrected chi connectivity index (χ3v) is 2.66. The third kappa shape index (κ3) is 2.89. The van der Waals surface area contributed by atoms with Crippen molar-refractivity contribution in [3.63, 3.8) is 0 Å². The highest BCUT2D eigenvalue weighted by molar-refractivity contribution is 6.40. The number of allylic oxidation sites excluding steroid dienone is 4. The van der Waals surface area contributed by atoms with Gasteiger partial charge in [0.2, 0.25) is 0 Å². The van der Waals surface area contributed by atoms with Gasteiger partial charge < -0.3 is 4.74 Å². The summed E-state index contributed by atoms with van der Waals surface area (Å²) in [6.07, 6.45) is 6.32. The van der Waals surface area contributed by atoms with Crippen molar-refractivity contribution in [1.29, 1.82) is 0 Å². The maximum absolute atomic E-state index is 11.2. The van der Waals surface area contributed by atoms with E-state index in [2.05, 4.69) is 4.74 Å². The molecule has 0 fully saturated rings.